The number of carboxylic acid groups (broad SMARTS) is 1. The van der Waals surface area contributed by atoms with Crippen LogP contribution >= 0.6 is 0 Å². The third-order valence-corrected chi connectivity index (χ3v) is 3.77. The summed E-state index contributed by atoms with van der Waals surface area (Å²) in [5.41, 5.74) is -3.18. The Hall–Kier alpha value is -1.63. The summed E-state index contributed by atoms with van der Waals surface area (Å²) in [4.78, 5) is 10.7. The SMILES string of the molecule is Cc1ccc(F)cc1C1(C)C[C@@](CC(=O)O)(C(F)(F)F)O1. The molecule has 0 radical (unpaired) electrons. The average molecular weight is 306 g/mol. The lowest BCUT2D eigenvalue weighted by Crippen LogP contribution is -2.65. The lowest BCUT2D eigenvalue weighted by atomic mass is 9.73. The Balaban J connectivity index is 2.34. The second-order valence-electron chi connectivity index (χ2n) is 5.53. The maximum absolute atomic E-state index is 13.3. The van der Waals surface area contributed by atoms with Crippen LogP contribution in [0.4, 0.5) is 17.6 Å². The minimum absolute atomic E-state index is 0.299. The third kappa shape index (κ3) is 2.62. The highest BCUT2D eigenvalue weighted by molar-refractivity contribution is 5.68. The molecule has 7 heteroatoms. The number of aryl methyl sites for hydroxylation is 1. The maximum atomic E-state index is 13.3. The Morgan fingerprint density at radius 1 is 1.43 bits per heavy atom. The molecule has 1 aliphatic heterocycles. The standard InChI is InChI=1S/C14H14F4O3/c1-8-3-4-9(15)5-10(8)12(2)7-13(21-12,6-11(19)20)14(16,17)18/h3-5H,6-7H2,1-2H3,(H,19,20)/t12?,13-/m0/s1. The molecule has 1 aromatic rings. The fourth-order valence-corrected chi connectivity index (χ4v) is 2.88. The van der Waals surface area contributed by atoms with E-state index >= 15 is 0 Å². The van der Waals surface area contributed by atoms with Gasteiger partial charge in [-0.2, -0.15) is 13.2 Å². The van der Waals surface area contributed by atoms with Crippen molar-refractivity contribution in [2.45, 2.75) is 44.1 Å². The number of hydrogen-bond acceptors (Lipinski definition) is 2. The molecule has 0 aromatic heterocycles. The summed E-state index contributed by atoms with van der Waals surface area (Å²) in [6, 6.07) is 3.77. The first-order valence-electron chi connectivity index (χ1n) is 6.24. The zero-order valence-corrected chi connectivity index (χ0v) is 11.4. The van der Waals surface area contributed by atoms with E-state index in [0.29, 0.717) is 11.1 Å². The quantitative estimate of drug-likeness (QED) is 0.869. The van der Waals surface area contributed by atoms with Crippen LogP contribution in [0.25, 0.3) is 0 Å². The van der Waals surface area contributed by atoms with Crippen molar-refractivity contribution in [2.75, 3.05) is 0 Å². The molecule has 1 N–H and O–H groups in total. The summed E-state index contributed by atoms with van der Waals surface area (Å²) in [6.45, 7) is 3.04. The summed E-state index contributed by atoms with van der Waals surface area (Å²) in [5, 5.41) is 8.68. The summed E-state index contributed by atoms with van der Waals surface area (Å²) >= 11 is 0. The van der Waals surface area contributed by atoms with E-state index in [9.17, 15) is 22.4 Å². The first-order chi connectivity index (χ1) is 9.49. The average Bonchev–Trinajstić information content (AvgIpc) is 2.27. The molecule has 21 heavy (non-hydrogen) atoms. The summed E-state index contributed by atoms with van der Waals surface area (Å²) in [6.07, 6.45) is -6.52. The van der Waals surface area contributed by atoms with Gasteiger partial charge < -0.3 is 9.84 Å². The third-order valence-electron chi connectivity index (χ3n) is 3.77. The topological polar surface area (TPSA) is 46.5 Å². The van der Waals surface area contributed by atoms with Crippen LogP contribution in [0.3, 0.4) is 0 Å². The Labute approximate surface area is 118 Å². The fraction of sp³-hybridized carbons (Fsp3) is 0.500. The molecule has 0 saturated carbocycles. The van der Waals surface area contributed by atoms with Gasteiger partial charge in [0.15, 0.2) is 5.60 Å². The molecule has 0 aliphatic carbocycles. The van der Waals surface area contributed by atoms with E-state index in [-0.39, 0.29) is 0 Å². The molecule has 3 nitrogen and oxygen atoms in total. The predicted molar refractivity (Wildman–Crippen MR) is 65.2 cm³/mol. The number of carboxylic acids is 1. The smallest absolute Gasteiger partial charge is 0.418 e. The van der Waals surface area contributed by atoms with Crippen LogP contribution in [0.2, 0.25) is 0 Å². The van der Waals surface area contributed by atoms with Crippen LogP contribution in [-0.4, -0.2) is 22.9 Å². The van der Waals surface area contributed by atoms with Gasteiger partial charge in [0.1, 0.15) is 5.82 Å². The molecule has 1 aliphatic rings. The fourth-order valence-electron chi connectivity index (χ4n) is 2.88. The number of aliphatic carboxylic acids is 1. The highest BCUT2D eigenvalue weighted by Crippen LogP contribution is 2.57. The van der Waals surface area contributed by atoms with Gasteiger partial charge in [-0.3, -0.25) is 4.79 Å². The van der Waals surface area contributed by atoms with Gasteiger partial charge in [0.2, 0.25) is 0 Å². The molecule has 1 saturated heterocycles. The van der Waals surface area contributed by atoms with Crippen LogP contribution in [0, 0.1) is 12.7 Å². The monoisotopic (exact) mass is 306 g/mol. The summed E-state index contributed by atoms with van der Waals surface area (Å²) in [5.74, 6) is -2.17. The van der Waals surface area contributed by atoms with Crippen molar-refractivity contribution in [1.82, 2.24) is 0 Å². The van der Waals surface area contributed by atoms with Gasteiger partial charge in [0.25, 0.3) is 0 Å². The zero-order valence-electron chi connectivity index (χ0n) is 11.4. The number of carbonyl (C=O) groups is 1. The van der Waals surface area contributed by atoms with Crippen LogP contribution in [0.15, 0.2) is 18.2 Å². The van der Waals surface area contributed by atoms with Crippen LogP contribution in [0.1, 0.15) is 30.9 Å². The molecule has 2 atom stereocenters. The largest absolute Gasteiger partial charge is 0.481 e. The van der Waals surface area contributed by atoms with Crippen molar-refractivity contribution in [3.05, 3.63) is 35.1 Å². The van der Waals surface area contributed by atoms with Crippen molar-refractivity contribution < 1.29 is 32.2 Å². The minimum atomic E-state index is -4.80. The van der Waals surface area contributed by atoms with Crippen molar-refractivity contribution in [2.24, 2.45) is 0 Å². The molecule has 0 spiro atoms. The molecule has 0 amide bonds. The first kappa shape index (κ1) is 15.8. The number of benzene rings is 1. The Morgan fingerprint density at radius 3 is 2.48 bits per heavy atom. The molecular formula is C14H14F4O3. The van der Waals surface area contributed by atoms with Gasteiger partial charge in [-0.05, 0) is 37.1 Å². The second-order valence-corrected chi connectivity index (χ2v) is 5.53. The predicted octanol–water partition coefficient (Wildman–Crippen LogP) is 3.55. The van der Waals surface area contributed by atoms with Crippen LogP contribution < -0.4 is 0 Å². The molecule has 0 bridgehead atoms. The Kier molecular flexibility index (Phi) is 3.52. The normalized spacial score (nSPS) is 29.0. The van der Waals surface area contributed by atoms with Gasteiger partial charge >= 0.3 is 12.1 Å². The van der Waals surface area contributed by atoms with E-state index < -0.39 is 42.0 Å². The number of alkyl halides is 3. The molecule has 1 fully saturated rings. The van der Waals surface area contributed by atoms with E-state index in [1.807, 2.05) is 0 Å². The molecule has 2 rings (SSSR count). The maximum Gasteiger partial charge on any atom is 0.418 e. The number of hydrogen-bond donors (Lipinski definition) is 1. The Morgan fingerprint density at radius 2 is 2.00 bits per heavy atom. The number of ether oxygens (including phenoxy) is 1. The number of rotatable bonds is 3. The highest BCUT2D eigenvalue weighted by Gasteiger charge is 2.69. The van der Waals surface area contributed by atoms with E-state index in [2.05, 4.69) is 0 Å². The van der Waals surface area contributed by atoms with Crippen molar-refractivity contribution >= 4 is 5.97 Å². The van der Waals surface area contributed by atoms with Gasteiger partial charge in [0, 0.05) is 6.42 Å². The van der Waals surface area contributed by atoms with Gasteiger partial charge in [-0.25, -0.2) is 4.39 Å². The molecule has 116 valence electrons. The summed E-state index contributed by atoms with van der Waals surface area (Å²) < 4.78 is 57.6. The lowest BCUT2D eigenvalue weighted by molar-refractivity contribution is -0.385. The Bertz CT molecular complexity index is 574. The number of halogens is 4. The highest BCUT2D eigenvalue weighted by atomic mass is 19.4. The van der Waals surface area contributed by atoms with E-state index in [1.165, 1.54) is 19.1 Å². The van der Waals surface area contributed by atoms with Crippen LogP contribution in [0.5, 0.6) is 0 Å². The van der Waals surface area contributed by atoms with Crippen molar-refractivity contribution in [3.8, 4) is 0 Å². The molecule has 1 aromatic carbocycles. The zero-order chi connectivity index (χ0) is 16.1. The van der Waals surface area contributed by atoms with E-state index in [4.69, 9.17) is 9.84 Å². The van der Waals surface area contributed by atoms with Crippen molar-refractivity contribution in [1.29, 1.82) is 0 Å². The van der Waals surface area contributed by atoms with Crippen molar-refractivity contribution in [3.63, 3.8) is 0 Å². The first-order valence-corrected chi connectivity index (χ1v) is 6.24. The van der Waals surface area contributed by atoms with Crippen LogP contribution in [-0.2, 0) is 15.1 Å². The minimum Gasteiger partial charge on any atom is -0.481 e. The van der Waals surface area contributed by atoms with Gasteiger partial charge in [0.05, 0.1) is 12.0 Å². The lowest BCUT2D eigenvalue weighted by Gasteiger charge is -2.55. The molecule has 1 heterocycles. The molecular weight excluding hydrogens is 292 g/mol. The second kappa shape index (κ2) is 4.69. The van der Waals surface area contributed by atoms with Gasteiger partial charge in [-0.1, -0.05) is 6.07 Å². The van der Waals surface area contributed by atoms with Gasteiger partial charge in [-0.15, -0.1) is 0 Å². The van der Waals surface area contributed by atoms with E-state index in [0.717, 1.165) is 6.07 Å². The summed E-state index contributed by atoms with van der Waals surface area (Å²) in [7, 11) is 0. The molecule has 1 unspecified atom stereocenters. The van der Waals surface area contributed by atoms with E-state index in [1.54, 1.807) is 6.92 Å².